The van der Waals surface area contributed by atoms with E-state index in [1.165, 1.54) is 7.11 Å². The maximum Gasteiger partial charge on any atom is 0.340 e. The summed E-state index contributed by atoms with van der Waals surface area (Å²) >= 11 is 0. The fraction of sp³-hybridized carbons (Fsp3) is 0.231. The van der Waals surface area contributed by atoms with Crippen LogP contribution in [0.3, 0.4) is 0 Å². The molecule has 0 N–H and O–H groups in total. The van der Waals surface area contributed by atoms with Gasteiger partial charge < -0.3 is 14.2 Å². The maximum absolute atomic E-state index is 11.8. The SMILES string of the molecule is COC(=O)c1c(C)ncc2cc3c(cc12)OCO3. The van der Waals surface area contributed by atoms with Gasteiger partial charge in [0.1, 0.15) is 0 Å². The summed E-state index contributed by atoms with van der Waals surface area (Å²) < 4.78 is 15.4. The minimum Gasteiger partial charge on any atom is -0.465 e. The fourth-order valence-corrected chi connectivity index (χ4v) is 2.07. The number of ether oxygens (including phenoxy) is 3. The minimum atomic E-state index is -0.399. The van der Waals surface area contributed by atoms with E-state index in [0.29, 0.717) is 22.8 Å². The summed E-state index contributed by atoms with van der Waals surface area (Å²) in [6.07, 6.45) is 1.71. The predicted molar refractivity (Wildman–Crippen MR) is 63.9 cm³/mol. The summed E-state index contributed by atoms with van der Waals surface area (Å²) in [7, 11) is 1.35. The number of aromatic nitrogens is 1. The van der Waals surface area contributed by atoms with E-state index in [4.69, 9.17) is 14.2 Å². The molecule has 0 bridgehead atoms. The van der Waals surface area contributed by atoms with Gasteiger partial charge in [-0.1, -0.05) is 0 Å². The van der Waals surface area contributed by atoms with Crippen LogP contribution >= 0.6 is 0 Å². The molecule has 18 heavy (non-hydrogen) atoms. The Hall–Kier alpha value is -2.30. The lowest BCUT2D eigenvalue weighted by atomic mass is 10.0. The second-order valence-corrected chi connectivity index (χ2v) is 4.00. The molecule has 1 aliphatic heterocycles. The molecule has 2 heterocycles. The van der Waals surface area contributed by atoms with Crippen LogP contribution in [0.4, 0.5) is 0 Å². The van der Waals surface area contributed by atoms with Crippen molar-refractivity contribution in [3.05, 3.63) is 29.6 Å². The first-order chi connectivity index (χ1) is 8.70. The van der Waals surface area contributed by atoms with Gasteiger partial charge in [-0.15, -0.1) is 0 Å². The number of esters is 1. The van der Waals surface area contributed by atoms with Gasteiger partial charge in [-0.3, -0.25) is 4.98 Å². The Bertz CT molecular complexity index is 651. The topological polar surface area (TPSA) is 57.7 Å². The second kappa shape index (κ2) is 3.87. The number of hydrogen-bond acceptors (Lipinski definition) is 5. The summed E-state index contributed by atoms with van der Waals surface area (Å²) in [6.45, 7) is 1.97. The van der Waals surface area contributed by atoms with Crippen LogP contribution in [0.5, 0.6) is 11.5 Å². The summed E-state index contributed by atoms with van der Waals surface area (Å²) in [5.74, 6) is 0.909. The Morgan fingerprint density at radius 3 is 2.78 bits per heavy atom. The van der Waals surface area contributed by atoms with Crippen molar-refractivity contribution in [1.29, 1.82) is 0 Å². The van der Waals surface area contributed by atoms with Gasteiger partial charge >= 0.3 is 5.97 Å². The van der Waals surface area contributed by atoms with Gasteiger partial charge in [0.15, 0.2) is 11.5 Å². The molecule has 2 aromatic rings. The standard InChI is InChI=1S/C13H11NO4/c1-7-12(13(15)16-2)9-4-11-10(17-6-18-11)3-8(9)5-14-7/h3-5H,6H2,1-2H3. The quantitative estimate of drug-likeness (QED) is 0.720. The van der Waals surface area contributed by atoms with Gasteiger partial charge in [0, 0.05) is 17.0 Å². The predicted octanol–water partition coefficient (Wildman–Crippen LogP) is 2.06. The third-order valence-corrected chi connectivity index (χ3v) is 2.96. The van der Waals surface area contributed by atoms with Crippen molar-refractivity contribution in [2.75, 3.05) is 13.9 Å². The van der Waals surface area contributed by atoms with Gasteiger partial charge in [-0.2, -0.15) is 0 Å². The lowest BCUT2D eigenvalue weighted by Crippen LogP contribution is -2.06. The molecule has 0 unspecified atom stereocenters. The number of nitrogens with zero attached hydrogens (tertiary/aromatic N) is 1. The molecular formula is C13H11NO4. The van der Waals surface area contributed by atoms with Gasteiger partial charge in [-0.25, -0.2) is 4.79 Å². The van der Waals surface area contributed by atoms with Gasteiger partial charge in [-0.05, 0) is 19.1 Å². The van der Waals surface area contributed by atoms with Gasteiger partial charge in [0.05, 0.1) is 18.4 Å². The summed E-state index contributed by atoms with van der Waals surface area (Å²) in [5, 5.41) is 1.59. The highest BCUT2D eigenvalue weighted by molar-refractivity contribution is 6.06. The molecule has 92 valence electrons. The molecule has 0 amide bonds. The number of fused-ring (bicyclic) bond motifs is 2. The molecule has 3 rings (SSSR count). The first-order valence-electron chi connectivity index (χ1n) is 5.48. The van der Waals surface area contributed by atoms with Gasteiger partial charge in [0.25, 0.3) is 0 Å². The Morgan fingerprint density at radius 1 is 1.33 bits per heavy atom. The molecule has 5 heteroatoms. The van der Waals surface area contributed by atoms with E-state index < -0.39 is 5.97 Å². The Kier molecular flexibility index (Phi) is 2.33. The summed E-state index contributed by atoms with van der Waals surface area (Å²) in [6, 6.07) is 3.61. The van der Waals surface area contributed by atoms with Crippen LogP contribution in [0.15, 0.2) is 18.3 Å². The third kappa shape index (κ3) is 1.48. The van der Waals surface area contributed by atoms with E-state index in [2.05, 4.69) is 4.98 Å². The fourth-order valence-electron chi connectivity index (χ4n) is 2.07. The number of benzene rings is 1. The van der Waals surface area contributed by atoms with Crippen molar-refractivity contribution >= 4 is 16.7 Å². The van der Waals surface area contributed by atoms with Crippen LogP contribution in [0.2, 0.25) is 0 Å². The number of pyridine rings is 1. The Labute approximate surface area is 103 Å². The Morgan fingerprint density at radius 2 is 2.06 bits per heavy atom. The molecule has 0 aliphatic carbocycles. The second-order valence-electron chi connectivity index (χ2n) is 4.00. The van der Waals surface area contributed by atoms with Crippen molar-refractivity contribution in [1.82, 2.24) is 4.98 Å². The van der Waals surface area contributed by atoms with E-state index in [9.17, 15) is 4.79 Å². The van der Waals surface area contributed by atoms with Crippen LogP contribution < -0.4 is 9.47 Å². The first kappa shape index (κ1) is 10.8. The number of carbonyl (C=O) groups excluding carboxylic acids is 1. The van der Waals surface area contributed by atoms with E-state index in [0.717, 1.165) is 10.8 Å². The number of carbonyl (C=O) groups is 1. The molecule has 1 aliphatic rings. The molecule has 0 spiro atoms. The van der Waals surface area contributed by atoms with Crippen molar-refractivity contribution in [3.8, 4) is 11.5 Å². The molecular weight excluding hydrogens is 234 g/mol. The molecule has 1 aromatic carbocycles. The lowest BCUT2D eigenvalue weighted by molar-refractivity contribution is 0.0601. The highest BCUT2D eigenvalue weighted by Crippen LogP contribution is 2.37. The van der Waals surface area contributed by atoms with Crippen LogP contribution in [-0.4, -0.2) is 24.9 Å². The van der Waals surface area contributed by atoms with E-state index in [1.54, 1.807) is 19.2 Å². The normalized spacial score (nSPS) is 12.8. The summed E-state index contributed by atoms with van der Waals surface area (Å²) in [4.78, 5) is 16.0. The average molecular weight is 245 g/mol. The number of hydrogen-bond donors (Lipinski definition) is 0. The first-order valence-corrected chi connectivity index (χ1v) is 5.48. The largest absolute Gasteiger partial charge is 0.465 e. The van der Waals surface area contributed by atoms with Crippen molar-refractivity contribution in [2.45, 2.75) is 6.92 Å². The Balaban J connectivity index is 2.33. The van der Waals surface area contributed by atoms with E-state index in [1.807, 2.05) is 6.07 Å². The lowest BCUT2D eigenvalue weighted by Gasteiger charge is -2.08. The van der Waals surface area contributed by atoms with E-state index in [-0.39, 0.29) is 6.79 Å². The highest BCUT2D eigenvalue weighted by Gasteiger charge is 2.20. The molecule has 0 atom stereocenters. The van der Waals surface area contributed by atoms with E-state index >= 15 is 0 Å². The number of methoxy groups -OCH3 is 1. The van der Waals surface area contributed by atoms with Crippen LogP contribution in [0.1, 0.15) is 16.1 Å². The van der Waals surface area contributed by atoms with Crippen LogP contribution in [-0.2, 0) is 4.74 Å². The average Bonchev–Trinajstić information content (AvgIpc) is 2.82. The zero-order valence-corrected chi connectivity index (χ0v) is 10.0. The molecule has 1 aromatic heterocycles. The molecule has 0 saturated heterocycles. The molecule has 0 saturated carbocycles. The summed E-state index contributed by atoms with van der Waals surface area (Å²) in [5.41, 5.74) is 1.10. The minimum absolute atomic E-state index is 0.200. The number of aryl methyl sites for hydroxylation is 1. The van der Waals surface area contributed by atoms with Crippen LogP contribution in [0.25, 0.3) is 10.8 Å². The molecule has 0 fully saturated rings. The molecule has 0 radical (unpaired) electrons. The van der Waals surface area contributed by atoms with Crippen molar-refractivity contribution in [2.24, 2.45) is 0 Å². The highest BCUT2D eigenvalue weighted by atomic mass is 16.7. The zero-order valence-electron chi connectivity index (χ0n) is 10.0. The van der Waals surface area contributed by atoms with Crippen LogP contribution in [0, 0.1) is 6.92 Å². The maximum atomic E-state index is 11.8. The molecule has 5 nitrogen and oxygen atoms in total. The van der Waals surface area contributed by atoms with Gasteiger partial charge in [0.2, 0.25) is 6.79 Å². The number of rotatable bonds is 1. The monoisotopic (exact) mass is 245 g/mol. The third-order valence-electron chi connectivity index (χ3n) is 2.96. The smallest absolute Gasteiger partial charge is 0.340 e. The van der Waals surface area contributed by atoms with Crippen molar-refractivity contribution in [3.63, 3.8) is 0 Å². The van der Waals surface area contributed by atoms with Crippen molar-refractivity contribution < 1.29 is 19.0 Å². The zero-order chi connectivity index (χ0) is 12.7.